The SMILES string of the molecule is N#CC(C#N)=NNc1c(Cl)cc(C(F)(C(F)(F)F)C(F)(F)F)cc1Cl. The van der Waals surface area contributed by atoms with Gasteiger partial charge in [-0.2, -0.15) is 42.0 Å². The number of hydrogen-bond acceptors (Lipinski definition) is 4. The van der Waals surface area contributed by atoms with Crippen LogP contribution in [0.5, 0.6) is 0 Å². The molecule has 25 heavy (non-hydrogen) atoms. The molecule has 4 nitrogen and oxygen atoms in total. The minimum absolute atomic E-state index is 0.0602. The quantitative estimate of drug-likeness (QED) is 0.431. The first-order valence-corrected chi connectivity index (χ1v) is 6.51. The van der Waals surface area contributed by atoms with Crippen LogP contribution in [0.1, 0.15) is 5.56 Å². The molecular formula is C12H3Cl2F7N4. The Balaban J connectivity index is 3.51. The number of halogens is 9. The molecule has 0 amide bonds. The Labute approximate surface area is 145 Å². The van der Waals surface area contributed by atoms with Gasteiger partial charge in [0.25, 0.3) is 0 Å². The third-order valence-electron chi connectivity index (χ3n) is 2.71. The van der Waals surface area contributed by atoms with Gasteiger partial charge in [0.1, 0.15) is 12.1 Å². The van der Waals surface area contributed by atoms with Crippen LogP contribution in [0.2, 0.25) is 10.0 Å². The summed E-state index contributed by atoms with van der Waals surface area (Å²) in [5.41, 5.74) is -6.93. The number of alkyl halides is 7. The first-order chi connectivity index (χ1) is 11.3. The summed E-state index contributed by atoms with van der Waals surface area (Å²) in [6, 6.07) is 2.76. The summed E-state index contributed by atoms with van der Waals surface area (Å²) in [6.07, 6.45) is -12.7. The molecule has 0 aliphatic heterocycles. The summed E-state index contributed by atoms with van der Waals surface area (Å²) in [6.45, 7) is 0. The highest BCUT2D eigenvalue weighted by atomic mass is 35.5. The predicted molar refractivity (Wildman–Crippen MR) is 73.6 cm³/mol. The highest BCUT2D eigenvalue weighted by Crippen LogP contribution is 2.54. The van der Waals surface area contributed by atoms with Crippen LogP contribution < -0.4 is 5.43 Å². The van der Waals surface area contributed by atoms with E-state index in [1.54, 1.807) is 0 Å². The molecule has 13 heteroatoms. The molecule has 134 valence electrons. The number of anilines is 1. The molecular weight excluding hydrogens is 404 g/mol. The fourth-order valence-corrected chi connectivity index (χ4v) is 2.13. The molecule has 0 saturated heterocycles. The van der Waals surface area contributed by atoms with Crippen molar-refractivity contribution >= 4 is 34.6 Å². The molecule has 1 N–H and O–H groups in total. The molecule has 0 fully saturated rings. The molecule has 0 aliphatic carbocycles. The molecule has 0 spiro atoms. The third kappa shape index (κ3) is 3.89. The number of nitriles is 2. The van der Waals surface area contributed by atoms with E-state index in [9.17, 15) is 30.7 Å². The highest BCUT2D eigenvalue weighted by Gasteiger charge is 2.73. The van der Waals surface area contributed by atoms with Crippen LogP contribution in [0, 0.1) is 22.7 Å². The van der Waals surface area contributed by atoms with Crippen LogP contribution in [-0.4, -0.2) is 18.1 Å². The maximum absolute atomic E-state index is 14.0. The first-order valence-electron chi connectivity index (χ1n) is 5.75. The van der Waals surface area contributed by atoms with E-state index >= 15 is 0 Å². The summed E-state index contributed by atoms with van der Waals surface area (Å²) in [5, 5.41) is 18.4. The zero-order valence-electron chi connectivity index (χ0n) is 11.4. The smallest absolute Gasteiger partial charge is 0.273 e. The van der Waals surface area contributed by atoms with E-state index in [0.29, 0.717) is 0 Å². The van der Waals surface area contributed by atoms with Crippen LogP contribution >= 0.6 is 23.2 Å². The summed E-state index contributed by atoms with van der Waals surface area (Å²) in [4.78, 5) is 0. The molecule has 0 atom stereocenters. The molecule has 0 saturated carbocycles. The Morgan fingerprint density at radius 2 is 1.32 bits per heavy atom. The lowest BCUT2D eigenvalue weighted by Crippen LogP contribution is -2.50. The molecule has 1 aromatic carbocycles. The Morgan fingerprint density at radius 3 is 1.64 bits per heavy atom. The Morgan fingerprint density at radius 1 is 0.920 bits per heavy atom. The molecule has 1 aromatic rings. The van der Waals surface area contributed by atoms with Crippen LogP contribution in [0.25, 0.3) is 0 Å². The van der Waals surface area contributed by atoms with Gasteiger partial charge in [-0.1, -0.05) is 23.2 Å². The van der Waals surface area contributed by atoms with Crippen molar-refractivity contribution in [1.29, 1.82) is 10.5 Å². The van der Waals surface area contributed by atoms with Gasteiger partial charge in [-0.3, -0.25) is 5.43 Å². The molecule has 0 aliphatic rings. The first kappa shape index (κ1) is 20.8. The Hall–Kier alpha value is -2.24. The number of benzene rings is 1. The third-order valence-corrected chi connectivity index (χ3v) is 3.31. The van der Waals surface area contributed by atoms with Crippen LogP contribution in [0.15, 0.2) is 17.2 Å². The average molecular weight is 407 g/mol. The van der Waals surface area contributed by atoms with Gasteiger partial charge >= 0.3 is 18.0 Å². The van der Waals surface area contributed by atoms with E-state index in [4.69, 9.17) is 33.7 Å². The van der Waals surface area contributed by atoms with Gasteiger partial charge in [-0.05, 0) is 12.1 Å². The molecule has 1 rings (SSSR count). The lowest BCUT2D eigenvalue weighted by atomic mass is 9.94. The number of hydrazone groups is 1. The zero-order valence-corrected chi connectivity index (χ0v) is 12.9. The molecule has 0 unspecified atom stereocenters. The second kappa shape index (κ2) is 6.94. The monoisotopic (exact) mass is 406 g/mol. The van der Waals surface area contributed by atoms with Gasteiger partial charge in [-0.15, -0.1) is 0 Å². The van der Waals surface area contributed by atoms with Crippen LogP contribution in [0.3, 0.4) is 0 Å². The van der Waals surface area contributed by atoms with E-state index in [1.807, 2.05) is 5.43 Å². The Bertz CT molecular complexity index is 734. The minimum Gasteiger partial charge on any atom is -0.273 e. The van der Waals surface area contributed by atoms with E-state index in [0.717, 1.165) is 0 Å². The second-order valence-corrected chi connectivity index (χ2v) is 5.08. The maximum Gasteiger partial charge on any atom is 0.435 e. The summed E-state index contributed by atoms with van der Waals surface area (Å²) < 4.78 is 90.2. The summed E-state index contributed by atoms with van der Waals surface area (Å²) >= 11 is 11.1. The normalized spacial score (nSPS) is 12.1. The number of nitrogens with zero attached hydrogens (tertiary/aromatic N) is 3. The van der Waals surface area contributed by atoms with Crippen molar-refractivity contribution in [3.8, 4) is 12.1 Å². The highest BCUT2D eigenvalue weighted by molar-refractivity contribution is 6.39. The van der Waals surface area contributed by atoms with Crippen molar-refractivity contribution in [2.24, 2.45) is 5.10 Å². The van der Waals surface area contributed by atoms with Gasteiger partial charge in [0.05, 0.1) is 15.7 Å². The number of nitrogens with one attached hydrogen (secondary N) is 1. The van der Waals surface area contributed by atoms with Crippen molar-refractivity contribution in [1.82, 2.24) is 0 Å². The molecule has 0 aromatic heterocycles. The van der Waals surface area contributed by atoms with E-state index in [2.05, 4.69) is 5.10 Å². The van der Waals surface area contributed by atoms with Crippen LogP contribution in [0.4, 0.5) is 36.4 Å². The largest absolute Gasteiger partial charge is 0.435 e. The minimum atomic E-state index is -6.33. The topological polar surface area (TPSA) is 72.0 Å². The van der Waals surface area contributed by atoms with Gasteiger partial charge in [0, 0.05) is 5.56 Å². The molecule has 0 heterocycles. The standard InChI is InChI=1S/C12H3Cl2F7N4/c13-7-1-5(10(15,11(16,17)18)12(19,20)21)2-8(14)9(7)25-24-6(3-22)4-23/h1-2,25H. The van der Waals surface area contributed by atoms with Gasteiger partial charge in [-0.25, -0.2) is 4.39 Å². The lowest BCUT2D eigenvalue weighted by Gasteiger charge is -2.30. The summed E-state index contributed by atoms with van der Waals surface area (Å²) in [5.74, 6) is 0. The number of rotatable bonds is 3. The van der Waals surface area contributed by atoms with Gasteiger partial charge in [0.15, 0.2) is 0 Å². The van der Waals surface area contributed by atoms with E-state index in [1.165, 1.54) is 12.1 Å². The van der Waals surface area contributed by atoms with Crippen molar-refractivity contribution in [2.75, 3.05) is 5.43 Å². The van der Waals surface area contributed by atoms with Crippen molar-refractivity contribution in [3.05, 3.63) is 27.7 Å². The van der Waals surface area contributed by atoms with E-state index in [-0.39, 0.29) is 12.1 Å². The molecule has 0 radical (unpaired) electrons. The number of hydrogen-bond donors (Lipinski definition) is 1. The molecule has 0 bridgehead atoms. The lowest BCUT2D eigenvalue weighted by molar-refractivity contribution is -0.348. The van der Waals surface area contributed by atoms with Crippen molar-refractivity contribution in [3.63, 3.8) is 0 Å². The fourth-order valence-electron chi connectivity index (χ4n) is 1.55. The van der Waals surface area contributed by atoms with Crippen molar-refractivity contribution < 1.29 is 30.7 Å². The Kier molecular flexibility index (Phi) is 5.78. The van der Waals surface area contributed by atoms with Crippen LogP contribution in [-0.2, 0) is 5.67 Å². The van der Waals surface area contributed by atoms with Crippen molar-refractivity contribution in [2.45, 2.75) is 18.0 Å². The average Bonchev–Trinajstić information content (AvgIpc) is 2.46. The van der Waals surface area contributed by atoms with Gasteiger partial charge < -0.3 is 0 Å². The van der Waals surface area contributed by atoms with E-state index < -0.39 is 45.0 Å². The van der Waals surface area contributed by atoms with Gasteiger partial charge in [0.2, 0.25) is 5.71 Å². The maximum atomic E-state index is 14.0. The predicted octanol–water partition coefficient (Wildman–Crippen LogP) is 5.10. The second-order valence-electron chi connectivity index (χ2n) is 4.26. The summed E-state index contributed by atoms with van der Waals surface area (Å²) in [7, 11) is 0. The fraction of sp³-hybridized carbons (Fsp3) is 0.250. The zero-order chi connectivity index (χ0) is 19.6.